The van der Waals surface area contributed by atoms with E-state index in [0.29, 0.717) is 25.0 Å². The number of carbonyl (C=O) groups is 3. The maximum atomic E-state index is 12.8. The monoisotopic (exact) mass is 482 g/mol. The fourth-order valence-corrected chi connectivity index (χ4v) is 5.48. The van der Waals surface area contributed by atoms with Gasteiger partial charge in [0.15, 0.2) is 0 Å². The van der Waals surface area contributed by atoms with Crippen molar-refractivity contribution in [3.63, 3.8) is 0 Å². The molecule has 7 nitrogen and oxygen atoms in total. The molecule has 3 N–H and O–H groups in total. The molecule has 0 aromatic heterocycles. The van der Waals surface area contributed by atoms with Crippen LogP contribution in [0.3, 0.4) is 0 Å². The van der Waals surface area contributed by atoms with Crippen molar-refractivity contribution in [2.24, 2.45) is 5.92 Å². The molecule has 0 radical (unpaired) electrons. The fraction of sp³-hybridized carbons (Fsp3) is 0.423. The van der Waals surface area contributed by atoms with Crippen molar-refractivity contribution in [3.8, 4) is 11.1 Å². The normalized spacial score (nSPS) is 19.7. The summed E-state index contributed by atoms with van der Waals surface area (Å²) in [5.41, 5.74) is 4.60. The second kappa shape index (κ2) is 11.0. The quantitative estimate of drug-likeness (QED) is 0.499. The highest BCUT2D eigenvalue weighted by atomic mass is 32.2. The predicted octanol–water partition coefficient (Wildman–Crippen LogP) is 4.02. The second-order valence-electron chi connectivity index (χ2n) is 8.79. The molecule has 2 aliphatic carbocycles. The van der Waals surface area contributed by atoms with Crippen molar-refractivity contribution in [3.05, 3.63) is 59.7 Å². The summed E-state index contributed by atoms with van der Waals surface area (Å²) < 4.78 is 5.62. The van der Waals surface area contributed by atoms with Gasteiger partial charge in [-0.2, -0.15) is 11.8 Å². The molecule has 2 unspecified atom stereocenters. The number of hydrogen-bond donors (Lipinski definition) is 3. The van der Waals surface area contributed by atoms with Crippen LogP contribution in [0.5, 0.6) is 0 Å². The summed E-state index contributed by atoms with van der Waals surface area (Å²) in [6.45, 7) is 0.208. The molecule has 2 amide bonds. The molecule has 8 heteroatoms. The molecule has 0 bridgehead atoms. The Bertz CT molecular complexity index is 1010. The molecular weight excluding hydrogens is 452 g/mol. The van der Waals surface area contributed by atoms with Gasteiger partial charge in [-0.25, -0.2) is 9.59 Å². The average molecular weight is 483 g/mol. The van der Waals surface area contributed by atoms with Gasteiger partial charge in [0.1, 0.15) is 12.6 Å². The summed E-state index contributed by atoms with van der Waals surface area (Å²) in [7, 11) is 0. The van der Waals surface area contributed by atoms with Crippen LogP contribution in [0.1, 0.15) is 42.7 Å². The van der Waals surface area contributed by atoms with Gasteiger partial charge in [-0.1, -0.05) is 55.0 Å². The Hall–Kier alpha value is -3.00. The van der Waals surface area contributed by atoms with Crippen molar-refractivity contribution in [1.82, 2.24) is 10.6 Å². The topological polar surface area (TPSA) is 105 Å². The van der Waals surface area contributed by atoms with Crippen molar-refractivity contribution in [2.75, 3.05) is 18.6 Å². The van der Waals surface area contributed by atoms with E-state index >= 15 is 0 Å². The molecule has 2 aromatic rings. The Balaban J connectivity index is 1.35. The zero-order valence-electron chi connectivity index (χ0n) is 19.2. The third kappa shape index (κ3) is 5.22. The Morgan fingerprint density at radius 1 is 1.06 bits per heavy atom. The standard InChI is InChI=1S/C26H30N2O5S/c1-34-14-13-23(25(30)31)27-24(29)20-11-6-12-22(20)28-26(32)33-15-21-18-9-4-2-7-16(18)17-8-3-5-10-19(17)21/h2-5,7-10,20-23H,6,11-15H2,1H3,(H,27,29)(H,28,32)(H,30,31)/t20?,22?,23-/m0/s1. The predicted molar refractivity (Wildman–Crippen MR) is 132 cm³/mol. The van der Waals surface area contributed by atoms with E-state index in [1.807, 2.05) is 30.5 Å². The van der Waals surface area contributed by atoms with Gasteiger partial charge in [-0.3, -0.25) is 4.79 Å². The smallest absolute Gasteiger partial charge is 0.407 e. The Morgan fingerprint density at radius 3 is 2.32 bits per heavy atom. The van der Waals surface area contributed by atoms with Crippen molar-refractivity contribution in [1.29, 1.82) is 0 Å². The van der Waals surface area contributed by atoms with Crippen LogP contribution in [-0.2, 0) is 14.3 Å². The van der Waals surface area contributed by atoms with Gasteiger partial charge in [-0.15, -0.1) is 0 Å². The largest absolute Gasteiger partial charge is 0.480 e. The molecule has 0 aliphatic heterocycles. The van der Waals surface area contributed by atoms with Crippen LogP contribution in [0.15, 0.2) is 48.5 Å². The summed E-state index contributed by atoms with van der Waals surface area (Å²) in [5, 5.41) is 14.9. The van der Waals surface area contributed by atoms with E-state index in [1.54, 1.807) is 0 Å². The highest BCUT2D eigenvalue weighted by molar-refractivity contribution is 7.98. The van der Waals surface area contributed by atoms with Gasteiger partial charge in [0, 0.05) is 12.0 Å². The van der Waals surface area contributed by atoms with Crippen LogP contribution < -0.4 is 10.6 Å². The first-order valence-electron chi connectivity index (χ1n) is 11.6. The molecular formula is C26H30N2O5S. The lowest BCUT2D eigenvalue weighted by molar-refractivity contribution is -0.142. The molecule has 0 spiro atoms. The van der Waals surface area contributed by atoms with E-state index in [4.69, 9.17) is 4.74 Å². The number of ether oxygens (including phenoxy) is 1. The van der Waals surface area contributed by atoms with Crippen LogP contribution in [0.2, 0.25) is 0 Å². The first kappa shape index (κ1) is 24.1. The van der Waals surface area contributed by atoms with E-state index in [2.05, 4.69) is 34.9 Å². The maximum absolute atomic E-state index is 12.8. The molecule has 34 heavy (non-hydrogen) atoms. The van der Waals surface area contributed by atoms with Crippen LogP contribution >= 0.6 is 11.8 Å². The number of aliphatic carboxylic acids is 1. The van der Waals surface area contributed by atoms with Gasteiger partial charge in [0.25, 0.3) is 0 Å². The Morgan fingerprint density at radius 2 is 1.71 bits per heavy atom. The maximum Gasteiger partial charge on any atom is 0.407 e. The van der Waals surface area contributed by atoms with Gasteiger partial charge >= 0.3 is 12.1 Å². The van der Waals surface area contributed by atoms with Crippen molar-refractivity contribution >= 4 is 29.7 Å². The molecule has 0 saturated heterocycles. The number of benzene rings is 2. The number of rotatable bonds is 9. The third-order valence-corrected chi connectivity index (χ3v) is 7.37. The first-order chi connectivity index (χ1) is 16.5. The minimum absolute atomic E-state index is 0.0337. The summed E-state index contributed by atoms with van der Waals surface area (Å²) in [6.07, 6.45) is 3.75. The third-order valence-electron chi connectivity index (χ3n) is 6.72. The lowest BCUT2D eigenvalue weighted by Crippen LogP contribution is -2.49. The molecule has 180 valence electrons. The zero-order valence-corrected chi connectivity index (χ0v) is 20.0. The molecule has 1 fully saturated rings. The number of thioether (sulfide) groups is 1. The van der Waals surface area contributed by atoms with Gasteiger partial charge in [-0.05, 0) is 53.5 Å². The highest BCUT2D eigenvalue weighted by Gasteiger charge is 2.36. The average Bonchev–Trinajstić information content (AvgIpc) is 3.42. The number of carboxylic acid groups (broad SMARTS) is 1. The Kier molecular flexibility index (Phi) is 7.77. The SMILES string of the molecule is CSCC[C@H](NC(=O)C1CCCC1NC(=O)OCC1c2ccccc2-c2ccccc21)C(=O)O. The second-order valence-corrected chi connectivity index (χ2v) is 9.78. The van der Waals surface area contributed by atoms with E-state index in [0.717, 1.165) is 28.7 Å². The molecule has 3 atom stereocenters. The minimum atomic E-state index is -1.04. The highest BCUT2D eigenvalue weighted by Crippen LogP contribution is 2.44. The van der Waals surface area contributed by atoms with E-state index in [1.165, 1.54) is 11.8 Å². The number of carbonyl (C=O) groups excluding carboxylic acids is 2. The summed E-state index contributed by atoms with van der Waals surface area (Å²) in [4.78, 5) is 36.9. The van der Waals surface area contributed by atoms with E-state index < -0.39 is 24.0 Å². The van der Waals surface area contributed by atoms with E-state index in [-0.39, 0.29) is 24.5 Å². The molecule has 1 saturated carbocycles. The minimum Gasteiger partial charge on any atom is -0.480 e. The van der Waals surface area contributed by atoms with Crippen molar-refractivity contribution in [2.45, 2.75) is 43.7 Å². The number of alkyl carbamates (subject to hydrolysis) is 1. The van der Waals surface area contributed by atoms with E-state index in [9.17, 15) is 19.5 Å². The fourth-order valence-electron chi connectivity index (χ4n) is 5.01. The van der Waals surface area contributed by atoms with Gasteiger partial charge in [0.2, 0.25) is 5.91 Å². The number of nitrogens with one attached hydrogen (secondary N) is 2. The Labute approximate surface area is 203 Å². The first-order valence-corrected chi connectivity index (χ1v) is 13.0. The van der Waals surface area contributed by atoms with Gasteiger partial charge < -0.3 is 20.5 Å². The number of carboxylic acids is 1. The number of amides is 2. The molecule has 2 aromatic carbocycles. The molecule has 2 aliphatic rings. The van der Waals surface area contributed by atoms with Crippen molar-refractivity contribution < 1.29 is 24.2 Å². The number of hydrogen-bond acceptors (Lipinski definition) is 5. The molecule has 0 heterocycles. The summed E-state index contributed by atoms with van der Waals surface area (Å²) in [5.74, 6) is -1.22. The lowest BCUT2D eigenvalue weighted by Gasteiger charge is -2.23. The zero-order chi connectivity index (χ0) is 24.1. The van der Waals surface area contributed by atoms with Crippen LogP contribution in [0, 0.1) is 5.92 Å². The summed E-state index contributed by atoms with van der Waals surface area (Å²) >= 11 is 1.53. The number of fused-ring (bicyclic) bond motifs is 3. The van der Waals surface area contributed by atoms with Crippen LogP contribution in [0.4, 0.5) is 4.79 Å². The molecule has 4 rings (SSSR count). The lowest BCUT2D eigenvalue weighted by atomic mass is 9.98. The van der Waals surface area contributed by atoms with Gasteiger partial charge in [0.05, 0.1) is 5.92 Å². The summed E-state index contributed by atoms with van der Waals surface area (Å²) in [6, 6.07) is 15.0. The van der Waals surface area contributed by atoms with Crippen LogP contribution in [0.25, 0.3) is 11.1 Å². The van der Waals surface area contributed by atoms with Crippen LogP contribution in [-0.4, -0.2) is 53.8 Å².